The molecule has 0 aromatic carbocycles. The number of likely N-dealkylation sites (tertiary alicyclic amines) is 2. The van der Waals surface area contributed by atoms with E-state index in [-0.39, 0.29) is 17.4 Å². The van der Waals surface area contributed by atoms with Crippen molar-refractivity contribution in [1.82, 2.24) is 20.0 Å². The molecule has 29 heavy (non-hydrogen) atoms. The van der Waals surface area contributed by atoms with E-state index in [9.17, 15) is 4.79 Å². The van der Waals surface area contributed by atoms with Crippen molar-refractivity contribution in [2.75, 3.05) is 39.3 Å². The van der Waals surface area contributed by atoms with E-state index in [1.165, 1.54) is 10.4 Å². The fraction of sp³-hybridized carbons (Fsp3) is 0.667. The van der Waals surface area contributed by atoms with E-state index < -0.39 is 0 Å². The fourth-order valence-electron chi connectivity index (χ4n) is 4.89. The number of fused-ring (bicyclic) bond motifs is 2. The first-order chi connectivity index (χ1) is 14.1. The molecule has 0 N–H and O–H groups in total. The van der Waals surface area contributed by atoms with E-state index in [1.807, 2.05) is 11.3 Å². The third kappa shape index (κ3) is 3.51. The Balaban J connectivity index is 1.14. The molecule has 8 heteroatoms. The van der Waals surface area contributed by atoms with Crippen LogP contribution < -0.4 is 0 Å². The number of thiophene rings is 1. The summed E-state index contributed by atoms with van der Waals surface area (Å²) >= 11 is 1.98. The van der Waals surface area contributed by atoms with Crippen molar-refractivity contribution in [3.8, 4) is 0 Å². The molecule has 1 spiro atoms. The topological polar surface area (TPSA) is 71.7 Å². The summed E-state index contributed by atoms with van der Waals surface area (Å²) in [7, 11) is 0. The van der Waals surface area contributed by atoms with Gasteiger partial charge in [-0.2, -0.15) is 0 Å². The van der Waals surface area contributed by atoms with Gasteiger partial charge in [0, 0.05) is 61.7 Å². The third-order valence-corrected chi connectivity index (χ3v) is 7.88. The number of aryl methyl sites for hydroxylation is 2. The normalized spacial score (nSPS) is 21.9. The molecule has 2 fully saturated rings. The number of hydrogen-bond donors (Lipinski definition) is 0. The first-order valence-corrected chi connectivity index (χ1v) is 11.5. The van der Waals surface area contributed by atoms with Crippen LogP contribution in [-0.2, 0) is 23.2 Å². The smallest absolute Gasteiger partial charge is 0.311 e. The number of hydrogen-bond acceptors (Lipinski definition) is 7. The second-order valence-corrected chi connectivity index (χ2v) is 9.72. The van der Waals surface area contributed by atoms with Gasteiger partial charge < -0.3 is 19.0 Å². The highest BCUT2D eigenvalue weighted by molar-refractivity contribution is 7.12. The lowest BCUT2D eigenvalue weighted by Crippen LogP contribution is -2.55. The van der Waals surface area contributed by atoms with Crippen LogP contribution in [0.4, 0.5) is 0 Å². The van der Waals surface area contributed by atoms with Gasteiger partial charge in [-0.1, -0.05) is 6.92 Å². The van der Waals surface area contributed by atoms with Crippen LogP contribution in [0.2, 0.25) is 0 Å². The molecule has 0 aliphatic carbocycles. The fourth-order valence-corrected chi connectivity index (χ4v) is 6.07. The van der Waals surface area contributed by atoms with Crippen LogP contribution in [0.5, 0.6) is 0 Å². The maximum Gasteiger partial charge on any atom is 0.311 e. The molecule has 1 amide bonds. The Morgan fingerprint density at radius 3 is 2.79 bits per heavy atom. The minimum absolute atomic E-state index is 0.0641. The molecule has 2 saturated heterocycles. The maximum atomic E-state index is 12.3. The average Bonchev–Trinajstić information content (AvgIpc) is 3.32. The minimum Gasteiger partial charge on any atom is -0.417 e. The van der Waals surface area contributed by atoms with Gasteiger partial charge in [-0.3, -0.25) is 4.79 Å². The van der Waals surface area contributed by atoms with Crippen LogP contribution in [0, 0.1) is 12.8 Å². The molecule has 0 unspecified atom stereocenters. The number of piperidine rings is 1. The average molecular weight is 417 g/mol. The van der Waals surface area contributed by atoms with Gasteiger partial charge in [0.05, 0.1) is 12.2 Å². The van der Waals surface area contributed by atoms with E-state index in [0.717, 1.165) is 65.0 Å². The third-order valence-electron chi connectivity index (χ3n) is 6.54. The van der Waals surface area contributed by atoms with Crippen molar-refractivity contribution in [1.29, 1.82) is 0 Å². The van der Waals surface area contributed by atoms with Gasteiger partial charge >= 0.3 is 11.8 Å². The molecule has 5 rings (SSSR count). The van der Waals surface area contributed by atoms with Crippen molar-refractivity contribution in [3.05, 3.63) is 33.2 Å². The number of carbonyl (C=O) groups excluding carboxylic acids is 1. The molecule has 0 saturated carbocycles. The lowest BCUT2D eigenvalue weighted by molar-refractivity contribution is -0.100. The molecule has 0 bridgehead atoms. The molecule has 0 atom stereocenters. The Morgan fingerprint density at radius 2 is 2.10 bits per heavy atom. The van der Waals surface area contributed by atoms with Crippen LogP contribution in [0.3, 0.4) is 0 Å². The second-order valence-electron chi connectivity index (χ2n) is 8.50. The summed E-state index contributed by atoms with van der Waals surface area (Å²) < 4.78 is 11.6. The summed E-state index contributed by atoms with van der Waals surface area (Å²) in [6.45, 7) is 9.49. The summed E-state index contributed by atoms with van der Waals surface area (Å²) in [6, 6.07) is 2.41. The summed E-state index contributed by atoms with van der Waals surface area (Å²) in [4.78, 5) is 19.7. The minimum atomic E-state index is -0.147. The Labute approximate surface area is 175 Å². The first kappa shape index (κ1) is 19.2. The first-order valence-electron chi connectivity index (χ1n) is 10.6. The van der Waals surface area contributed by atoms with Crippen LogP contribution in [-0.4, -0.2) is 65.2 Å². The zero-order chi connectivity index (χ0) is 20.0. The lowest BCUT2D eigenvalue weighted by Gasteiger charge is -2.46. The zero-order valence-corrected chi connectivity index (χ0v) is 18.0. The molecule has 2 aromatic rings. The highest BCUT2D eigenvalue weighted by atomic mass is 32.1. The predicted molar refractivity (Wildman–Crippen MR) is 109 cm³/mol. The monoisotopic (exact) mass is 416 g/mol. The highest BCUT2D eigenvalue weighted by Gasteiger charge is 2.43. The molecule has 2 aromatic heterocycles. The quantitative estimate of drug-likeness (QED) is 0.763. The SMILES string of the molecule is CCc1cc2c(s1)CCOC21CCN(CC2CN(C(=O)c3nnc(C)o3)C2)CC1. The predicted octanol–water partition coefficient (Wildman–Crippen LogP) is 2.64. The Hall–Kier alpha value is -1.77. The molecule has 0 radical (unpaired) electrons. The Bertz CT molecular complexity index is 894. The molecule has 3 aliphatic heterocycles. The Morgan fingerprint density at radius 1 is 1.31 bits per heavy atom. The van der Waals surface area contributed by atoms with Gasteiger partial charge in [0.1, 0.15) is 0 Å². The molecule has 7 nitrogen and oxygen atoms in total. The second kappa shape index (κ2) is 7.49. The Kier molecular flexibility index (Phi) is 4.96. The zero-order valence-electron chi connectivity index (χ0n) is 17.1. The number of rotatable bonds is 4. The van der Waals surface area contributed by atoms with Gasteiger partial charge in [0.2, 0.25) is 5.89 Å². The maximum absolute atomic E-state index is 12.3. The van der Waals surface area contributed by atoms with E-state index in [2.05, 4.69) is 28.1 Å². The van der Waals surface area contributed by atoms with Crippen LogP contribution in [0.15, 0.2) is 10.5 Å². The molecule has 3 aliphatic rings. The van der Waals surface area contributed by atoms with Gasteiger partial charge in [0.25, 0.3) is 0 Å². The lowest BCUT2D eigenvalue weighted by atomic mass is 9.82. The highest BCUT2D eigenvalue weighted by Crippen LogP contribution is 2.44. The number of nitrogens with zero attached hydrogens (tertiary/aromatic N) is 4. The van der Waals surface area contributed by atoms with Crippen molar-refractivity contribution < 1.29 is 13.9 Å². The van der Waals surface area contributed by atoms with E-state index in [0.29, 0.717) is 11.8 Å². The number of carbonyl (C=O) groups is 1. The van der Waals surface area contributed by atoms with E-state index >= 15 is 0 Å². The van der Waals surface area contributed by atoms with E-state index in [1.54, 1.807) is 16.7 Å². The summed E-state index contributed by atoms with van der Waals surface area (Å²) in [5, 5.41) is 7.57. The molecule has 5 heterocycles. The number of aromatic nitrogens is 2. The van der Waals surface area contributed by atoms with Gasteiger partial charge in [-0.05, 0) is 30.9 Å². The van der Waals surface area contributed by atoms with E-state index in [4.69, 9.17) is 9.15 Å². The molecular weight excluding hydrogens is 388 g/mol. The largest absolute Gasteiger partial charge is 0.417 e. The summed E-state index contributed by atoms with van der Waals surface area (Å²) in [6.07, 6.45) is 4.31. The van der Waals surface area contributed by atoms with Crippen molar-refractivity contribution >= 4 is 17.2 Å². The summed E-state index contributed by atoms with van der Waals surface area (Å²) in [5.74, 6) is 0.908. The van der Waals surface area contributed by atoms with Gasteiger partial charge in [0.15, 0.2) is 0 Å². The number of amides is 1. The molecular formula is C21H28N4O3S. The van der Waals surface area contributed by atoms with Crippen molar-refractivity contribution in [2.45, 2.75) is 45.1 Å². The van der Waals surface area contributed by atoms with Crippen LogP contribution >= 0.6 is 11.3 Å². The summed E-state index contributed by atoms with van der Waals surface area (Å²) in [5.41, 5.74) is 1.41. The number of ether oxygens (including phenoxy) is 1. The standard InChI is InChI=1S/C21H28N4O3S/c1-3-16-10-17-18(29-16)4-9-27-21(17)5-7-24(8-6-21)11-15-12-25(13-15)20(26)19-23-22-14(2)28-19/h10,15H,3-9,11-13H2,1-2H3. The van der Waals surface area contributed by atoms with Crippen LogP contribution in [0.1, 0.15) is 51.7 Å². The molecule has 156 valence electrons. The van der Waals surface area contributed by atoms with Crippen molar-refractivity contribution in [2.24, 2.45) is 5.92 Å². The van der Waals surface area contributed by atoms with Gasteiger partial charge in [-0.15, -0.1) is 21.5 Å². The van der Waals surface area contributed by atoms with Crippen LogP contribution in [0.25, 0.3) is 0 Å². The van der Waals surface area contributed by atoms with Crippen molar-refractivity contribution in [3.63, 3.8) is 0 Å². The van der Waals surface area contributed by atoms with Gasteiger partial charge in [-0.25, -0.2) is 0 Å².